The molecule has 1 aromatic heterocycles. The van der Waals surface area contributed by atoms with Gasteiger partial charge in [0.15, 0.2) is 17.5 Å². The highest BCUT2D eigenvalue weighted by Crippen LogP contribution is 2.30. The third kappa shape index (κ3) is 4.35. The molecule has 0 amide bonds. The lowest BCUT2D eigenvalue weighted by molar-refractivity contribution is -0.147. The monoisotopic (exact) mass is 426 g/mol. The Kier molecular flexibility index (Phi) is 5.92. The van der Waals surface area contributed by atoms with E-state index in [1.165, 1.54) is 0 Å². The molecule has 2 aromatic rings. The van der Waals surface area contributed by atoms with Crippen molar-refractivity contribution in [3.63, 3.8) is 0 Å². The Morgan fingerprint density at radius 3 is 2.33 bits per heavy atom. The van der Waals surface area contributed by atoms with Crippen molar-refractivity contribution in [3.8, 4) is 0 Å². The lowest BCUT2D eigenvalue weighted by Gasteiger charge is -2.31. The van der Waals surface area contributed by atoms with Crippen molar-refractivity contribution in [2.24, 2.45) is 0 Å². The summed E-state index contributed by atoms with van der Waals surface area (Å²) in [7, 11) is 0. The van der Waals surface area contributed by atoms with Gasteiger partial charge >= 0.3 is 6.18 Å². The molecule has 1 aliphatic heterocycles. The van der Waals surface area contributed by atoms with Gasteiger partial charge in [0.05, 0.1) is 12.2 Å². The van der Waals surface area contributed by atoms with Crippen molar-refractivity contribution in [1.29, 1.82) is 0 Å². The van der Waals surface area contributed by atoms with Crippen molar-refractivity contribution in [1.82, 2.24) is 19.7 Å². The van der Waals surface area contributed by atoms with Gasteiger partial charge < -0.3 is 9.47 Å². The van der Waals surface area contributed by atoms with Crippen LogP contribution in [-0.2, 0) is 25.7 Å². The topological polar surface area (TPSA) is 34.0 Å². The third-order valence-electron chi connectivity index (χ3n) is 4.72. The summed E-state index contributed by atoms with van der Waals surface area (Å²) >= 11 is 0. The number of benzene rings is 1. The van der Waals surface area contributed by atoms with E-state index in [9.17, 15) is 26.3 Å². The first-order chi connectivity index (χ1) is 14.1. The Morgan fingerprint density at radius 2 is 1.70 bits per heavy atom. The molecule has 1 aromatic carbocycles. The van der Waals surface area contributed by atoms with Crippen molar-refractivity contribution >= 4 is 0 Å². The Bertz CT molecular complexity index is 1070. The zero-order valence-corrected chi connectivity index (χ0v) is 15.7. The average molecular weight is 426 g/mol. The van der Waals surface area contributed by atoms with Crippen molar-refractivity contribution in [2.45, 2.75) is 32.1 Å². The van der Waals surface area contributed by atoms with Gasteiger partial charge in [0.1, 0.15) is 5.82 Å². The Hall–Kier alpha value is -3.22. The van der Waals surface area contributed by atoms with Crippen LogP contribution in [0.4, 0.5) is 26.3 Å². The highest BCUT2D eigenvalue weighted by Gasteiger charge is 2.39. The van der Waals surface area contributed by atoms with E-state index in [0.717, 1.165) is 10.6 Å². The summed E-state index contributed by atoms with van der Waals surface area (Å²) in [6, 6.07) is 1.23. The van der Waals surface area contributed by atoms with Gasteiger partial charge in [-0.3, -0.25) is 0 Å². The minimum atomic E-state index is -4.60. The predicted octanol–water partition coefficient (Wildman–Crippen LogP) is 4.54. The normalized spacial score (nSPS) is 13.5. The van der Waals surface area contributed by atoms with Crippen LogP contribution in [-0.4, -0.2) is 26.2 Å². The molecule has 0 fully saturated rings. The summed E-state index contributed by atoms with van der Waals surface area (Å²) < 4.78 is 80.5. The number of fused-ring (bicyclic) bond motifs is 1. The molecule has 10 heteroatoms. The van der Waals surface area contributed by atoms with Crippen LogP contribution in [0.3, 0.4) is 0 Å². The standard InChI is InChI=1S/C20H16F6N4/c1-3-12(7-13-9-16(22)17(23)10-15(13)21)8-14(4-2)29-5-6-30-18(11-29)27-28-19(30)20(24,25)26/h9-10H,1-2,5-8,11H2. The Balaban J connectivity index is 1.76. The molecule has 0 atom stereocenters. The van der Waals surface area contributed by atoms with Crippen LogP contribution in [0.5, 0.6) is 0 Å². The third-order valence-corrected chi connectivity index (χ3v) is 4.72. The van der Waals surface area contributed by atoms with Crippen molar-refractivity contribution in [3.05, 3.63) is 82.7 Å². The maximum absolute atomic E-state index is 13.9. The molecule has 30 heavy (non-hydrogen) atoms. The largest absolute Gasteiger partial charge is 0.451 e. The second-order valence-electron chi connectivity index (χ2n) is 6.63. The van der Waals surface area contributed by atoms with E-state index in [1.807, 2.05) is 0 Å². The summed E-state index contributed by atoms with van der Waals surface area (Å²) in [6.07, 6.45) is -4.54. The fourth-order valence-electron chi connectivity index (χ4n) is 3.20. The SMILES string of the molecule is C=C=C(CC(=C=C)N1CCn2c(nnc2C(F)(F)F)C1)Cc1cc(F)c(F)cc1F. The van der Waals surface area contributed by atoms with Gasteiger partial charge in [-0.15, -0.1) is 21.7 Å². The van der Waals surface area contributed by atoms with Gasteiger partial charge in [-0.2, -0.15) is 13.2 Å². The molecule has 0 saturated carbocycles. The second-order valence-corrected chi connectivity index (χ2v) is 6.63. The lowest BCUT2D eigenvalue weighted by atomic mass is 10.0. The van der Waals surface area contributed by atoms with E-state index < -0.39 is 29.5 Å². The predicted molar refractivity (Wildman–Crippen MR) is 95.4 cm³/mol. The number of alkyl halides is 3. The molecule has 1 aliphatic rings. The van der Waals surface area contributed by atoms with Crippen LogP contribution >= 0.6 is 0 Å². The van der Waals surface area contributed by atoms with E-state index in [2.05, 4.69) is 34.8 Å². The number of rotatable bonds is 5. The van der Waals surface area contributed by atoms with Crippen molar-refractivity contribution < 1.29 is 26.3 Å². The molecule has 0 aliphatic carbocycles. The maximum Gasteiger partial charge on any atom is 0.451 e. The maximum atomic E-state index is 13.9. The molecule has 0 radical (unpaired) electrons. The minimum Gasteiger partial charge on any atom is -0.359 e. The van der Waals surface area contributed by atoms with Crippen LogP contribution in [0.25, 0.3) is 0 Å². The summed E-state index contributed by atoms with van der Waals surface area (Å²) in [4.78, 5) is 1.72. The van der Waals surface area contributed by atoms with E-state index >= 15 is 0 Å². The van der Waals surface area contributed by atoms with Gasteiger partial charge in [0, 0.05) is 32.0 Å². The molecule has 0 N–H and O–H groups in total. The summed E-state index contributed by atoms with van der Waals surface area (Å²) in [5, 5.41) is 6.84. The van der Waals surface area contributed by atoms with Gasteiger partial charge in [-0.25, -0.2) is 13.2 Å². The van der Waals surface area contributed by atoms with Crippen LogP contribution in [0.2, 0.25) is 0 Å². The minimum absolute atomic E-state index is 0.00724. The molecule has 0 bridgehead atoms. The number of hydrogen-bond donors (Lipinski definition) is 0. The smallest absolute Gasteiger partial charge is 0.359 e. The first-order valence-corrected chi connectivity index (χ1v) is 8.78. The highest BCUT2D eigenvalue weighted by atomic mass is 19.4. The molecule has 0 saturated heterocycles. The molecule has 2 heterocycles. The summed E-state index contributed by atoms with van der Waals surface area (Å²) in [5.74, 6) is -4.29. The van der Waals surface area contributed by atoms with Gasteiger partial charge in [-0.1, -0.05) is 13.2 Å². The fraction of sp³-hybridized carbons (Fsp3) is 0.300. The van der Waals surface area contributed by atoms with E-state index in [0.29, 0.717) is 17.3 Å². The number of halogens is 6. The lowest BCUT2D eigenvalue weighted by Crippen LogP contribution is -2.34. The molecule has 4 nitrogen and oxygen atoms in total. The second kappa shape index (κ2) is 8.26. The number of aromatic nitrogens is 3. The number of allylic oxidation sites excluding steroid dienone is 1. The van der Waals surface area contributed by atoms with Crippen LogP contribution in [0, 0.1) is 17.5 Å². The average Bonchev–Trinajstić information content (AvgIpc) is 3.12. The quantitative estimate of drug-likeness (QED) is 0.400. The number of hydrogen-bond acceptors (Lipinski definition) is 3. The van der Waals surface area contributed by atoms with Gasteiger partial charge in [0.25, 0.3) is 0 Å². The molecular formula is C20H16F6N4. The Morgan fingerprint density at radius 1 is 1.00 bits per heavy atom. The van der Waals surface area contributed by atoms with Crippen LogP contribution < -0.4 is 0 Å². The van der Waals surface area contributed by atoms with Crippen molar-refractivity contribution in [2.75, 3.05) is 6.54 Å². The molecule has 0 unspecified atom stereocenters. The summed E-state index contributed by atoms with van der Waals surface area (Å²) in [5.41, 5.74) is 6.25. The molecule has 0 spiro atoms. The number of nitrogens with zero attached hydrogens (tertiary/aromatic N) is 4. The molecule has 3 rings (SSSR count). The fourth-order valence-corrected chi connectivity index (χ4v) is 3.20. The molecule has 158 valence electrons. The summed E-state index contributed by atoms with van der Waals surface area (Å²) in [6.45, 7) is 7.42. The first kappa shape index (κ1) is 21.5. The van der Waals surface area contributed by atoms with E-state index in [4.69, 9.17) is 0 Å². The zero-order valence-electron chi connectivity index (χ0n) is 15.7. The van der Waals surface area contributed by atoms with E-state index in [1.54, 1.807) is 4.90 Å². The van der Waals surface area contributed by atoms with Gasteiger partial charge in [-0.05, 0) is 17.2 Å². The molecular weight excluding hydrogens is 410 g/mol. The highest BCUT2D eigenvalue weighted by molar-refractivity contribution is 5.27. The van der Waals surface area contributed by atoms with E-state index in [-0.39, 0.29) is 43.9 Å². The van der Waals surface area contributed by atoms with Crippen LogP contribution in [0.15, 0.2) is 48.0 Å². The Labute approximate surface area is 168 Å². The zero-order chi connectivity index (χ0) is 22.1. The van der Waals surface area contributed by atoms with Gasteiger partial charge in [0.2, 0.25) is 5.82 Å². The first-order valence-electron chi connectivity index (χ1n) is 8.78. The van der Waals surface area contributed by atoms with Crippen LogP contribution in [0.1, 0.15) is 23.6 Å².